The molecule has 1 heterocycles. The topological polar surface area (TPSA) is 143 Å². The van der Waals surface area contributed by atoms with Gasteiger partial charge in [0.2, 0.25) is 5.91 Å². The zero-order valence-corrected chi connectivity index (χ0v) is 20.1. The molecule has 10 nitrogen and oxygen atoms in total. The summed E-state index contributed by atoms with van der Waals surface area (Å²) in [4.78, 5) is 36.4. The molecule has 0 spiro atoms. The highest BCUT2D eigenvalue weighted by molar-refractivity contribution is 6.13. The Morgan fingerprint density at radius 3 is 2.43 bits per heavy atom. The van der Waals surface area contributed by atoms with Crippen LogP contribution < -0.4 is 20.7 Å². The first kappa shape index (κ1) is 24.3. The zero-order chi connectivity index (χ0) is 26.1. The smallest absolute Gasteiger partial charge is 0.310 e. The van der Waals surface area contributed by atoms with Crippen molar-refractivity contribution in [3.05, 3.63) is 70.3 Å². The number of anilines is 4. The number of carbonyl (C=O) groups excluding carboxylic acids is 2. The Hall–Kier alpha value is -4.44. The minimum Gasteiger partial charge on any atom is -0.490 e. The van der Waals surface area contributed by atoms with Crippen molar-refractivity contribution in [3.63, 3.8) is 0 Å². The maximum Gasteiger partial charge on any atom is 0.310 e. The Balaban J connectivity index is 1.42. The molecule has 3 aromatic carbocycles. The number of nitrogens with one attached hydrogen (secondary N) is 3. The fraction of sp³-hybridized carbons (Fsp3) is 0.259. The number of fused-ring (bicyclic) bond motifs is 2. The van der Waals surface area contributed by atoms with Crippen LogP contribution in [0.4, 0.5) is 28.4 Å². The molecule has 0 atom stereocenters. The van der Waals surface area contributed by atoms with Gasteiger partial charge in [0.1, 0.15) is 0 Å². The van der Waals surface area contributed by atoms with Gasteiger partial charge < -0.3 is 25.8 Å². The molecule has 0 unspecified atom stereocenters. The number of benzene rings is 3. The van der Waals surface area contributed by atoms with Crippen molar-refractivity contribution < 1.29 is 24.4 Å². The monoisotopic (exact) mass is 502 g/mol. The average Bonchev–Trinajstić information content (AvgIpc) is 3.03. The Bertz CT molecular complexity index is 1400. The first-order valence-corrected chi connectivity index (χ1v) is 12.0. The van der Waals surface area contributed by atoms with Crippen LogP contribution in [0.15, 0.2) is 54.6 Å². The van der Waals surface area contributed by atoms with E-state index in [1.807, 2.05) is 0 Å². The number of ether oxygens (including phenoxy) is 1. The van der Waals surface area contributed by atoms with E-state index in [2.05, 4.69) is 16.0 Å². The van der Waals surface area contributed by atoms with Crippen LogP contribution in [-0.2, 0) is 4.79 Å². The summed E-state index contributed by atoms with van der Waals surface area (Å²) in [7, 11) is 1.37. The third kappa shape index (κ3) is 4.96. The van der Waals surface area contributed by atoms with Crippen LogP contribution in [0.3, 0.4) is 0 Å². The third-order valence-electron chi connectivity index (χ3n) is 6.85. The van der Waals surface area contributed by atoms with Crippen molar-refractivity contribution in [2.45, 2.75) is 31.8 Å². The molecule has 1 aliphatic carbocycles. The van der Waals surface area contributed by atoms with Crippen LogP contribution in [0.1, 0.15) is 36.0 Å². The molecule has 10 heteroatoms. The van der Waals surface area contributed by atoms with Gasteiger partial charge in [-0.3, -0.25) is 19.7 Å². The van der Waals surface area contributed by atoms with Gasteiger partial charge >= 0.3 is 5.69 Å². The second kappa shape index (κ2) is 9.90. The number of hydrogen-bond acceptors (Lipinski definition) is 7. The van der Waals surface area contributed by atoms with E-state index < -0.39 is 4.92 Å². The molecule has 190 valence electrons. The minimum atomic E-state index is -0.504. The van der Waals surface area contributed by atoms with Crippen LogP contribution in [0.5, 0.6) is 5.75 Å². The lowest BCUT2D eigenvalue weighted by Crippen LogP contribution is -2.28. The van der Waals surface area contributed by atoms with Gasteiger partial charge in [-0.25, -0.2) is 0 Å². The quantitative estimate of drug-likeness (QED) is 0.282. The summed E-state index contributed by atoms with van der Waals surface area (Å²) in [6.45, 7) is 0. The van der Waals surface area contributed by atoms with Gasteiger partial charge in [0, 0.05) is 17.7 Å². The Morgan fingerprint density at radius 2 is 1.70 bits per heavy atom. The summed E-state index contributed by atoms with van der Waals surface area (Å²) in [6.07, 6.45) is 2.21. The predicted octanol–water partition coefficient (Wildman–Crippen LogP) is 5.07. The zero-order valence-electron chi connectivity index (χ0n) is 20.1. The number of nitro benzene ring substituents is 1. The molecular formula is C27H26N4O6. The van der Waals surface area contributed by atoms with Crippen LogP contribution in [0.2, 0.25) is 0 Å². The lowest BCUT2D eigenvalue weighted by Gasteiger charge is -2.24. The van der Waals surface area contributed by atoms with Crippen molar-refractivity contribution >= 4 is 40.3 Å². The van der Waals surface area contributed by atoms with Gasteiger partial charge in [0.25, 0.3) is 5.91 Å². The average molecular weight is 503 g/mol. The second-order valence-corrected chi connectivity index (χ2v) is 9.24. The number of nitro groups is 1. The predicted molar refractivity (Wildman–Crippen MR) is 139 cm³/mol. The van der Waals surface area contributed by atoms with E-state index in [4.69, 9.17) is 4.74 Å². The van der Waals surface area contributed by atoms with Crippen molar-refractivity contribution in [2.24, 2.45) is 5.92 Å². The highest BCUT2D eigenvalue weighted by Crippen LogP contribution is 2.38. The van der Waals surface area contributed by atoms with Crippen LogP contribution in [0.25, 0.3) is 11.1 Å². The van der Waals surface area contributed by atoms with E-state index >= 15 is 0 Å². The minimum absolute atomic E-state index is 0.0840. The Morgan fingerprint density at radius 1 is 0.973 bits per heavy atom. The van der Waals surface area contributed by atoms with Crippen molar-refractivity contribution in [1.29, 1.82) is 0 Å². The number of methoxy groups -OCH3 is 1. The maximum absolute atomic E-state index is 12.9. The van der Waals surface area contributed by atoms with E-state index in [-0.39, 0.29) is 35.3 Å². The molecule has 0 aromatic heterocycles. The molecule has 2 aliphatic rings. The van der Waals surface area contributed by atoms with E-state index in [9.17, 15) is 24.8 Å². The van der Waals surface area contributed by atoms with Crippen molar-refractivity contribution in [2.75, 3.05) is 23.1 Å². The van der Waals surface area contributed by atoms with Gasteiger partial charge in [0.05, 0.1) is 40.8 Å². The van der Waals surface area contributed by atoms with Crippen molar-refractivity contribution in [3.8, 4) is 16.9 Å². The summed E-state index contributed by atoms with van der Waals surface area (Å²) < 4.78 is 5.19. The lowest BCUT2D eigenvalue weighted by molar-refractivity contribution is -0.385. The summed E-state index contributed by atoms with van der Waals surface area (Å²) in [5, 5.41) is 30.1. The molecule has 37 heavy (non-hydrogen) atoms. The molecule has 1 aliphatic heterocycles. The standard InChI is InChI=1S/C27H26N4O6/c1-37-25-13-17(5-11-24(25)31(35)36)16-4-9-20-22(12-16)29-23-14-18(6-10-21(23)30-27(20)34)28-26(33)15-2-7-19(32)8-3-15/h4-6,9-15,19,29,32H,2-3,7-8H2,1H3,(H,28,33)(H,30,34). The van der Waals surface area contributed by atoms with Crippen molar-refractivity contribution in [1.82, 2.24) is 0 Å². The van der Waals surface area contributed by atoms with E-state index in [0.717, 1.165) is 5.56 Å². The fourth-order valence-electron chi connectivity index (χ4n) is 4.78. The number of rotatable bonds is 5. The van der Waals surface area contributed by atoms with Gasteiger partial charge in [-0.05, 0) is 79.3 Å². The van der Waals surface area contributed by atoms with Crippen LogP contribution in [-0.4, -0.2) is 35.1 Å². The van der Waals surface area contributed by atoms with Gasteiger partial charge in [-0.1, -0.05) is 6.07 Å². The Labute approximate surface area is 212 Å². The summed E-state index contributed by atoms with van der Waals surface area (Å²) in [6, 6.07) is 15.1. The highest BCUT2D eigenvalue weighted by Gasteiger charge is 2.26. The molecule has 5 rings (SSSR count). The van der Waals surface area contributed by atoms with Gasteiger partial charge in [-0.2, -0.15) is 0 Å². The number of amides is 2. The van der Waals surface area contributed by atoms with Crippen LogP contribution >= 0.6 is 0 Å². The molecule has 3 aromatic rings. The highest BCUT2D eigenvalue weighted by atomic mass is 16.6. The third-order valence-corrected chi connectivity index (χ3v) is 6.85. The summed E-state index contributed by atoms with van der Waals surface area (Å²) >= 11 is 0. The molecule has 1 fully saturated rings. The first-order valence-electron chi connectivity index (χ1n) is 12.0. The largest absolute Gasteiger partial charge is 0.490 e. The number of aliphatic hydroxyl groups excluding tert-OH is 1. The van der Waals surface area contributed by atoms with Gasteiger partial charge in [0.15, 0.2) is 5.75 Å². The number of aliphatic hydroxyl groups is 1. The first-order chi connectivity index (χ1) is 17.8. The molecule has 0 bridgehead atoms. The fourth-order valence-corrected chi connectivity index (χ4v) is 4.78. The maximum atomic E-state index is 12.9. The molecule has 1 saturated carbocycles. The normalized spacial score (nSPS) is 18.4. The Kier molecular flexibility index (Phi) is 6.49. The number of hydrogen-bond donors (Lipinski definition) is 4. The summed E-state index contributed by atoms with van der Waals surface area (Å²) in [5.74, 6) is -0.371. The number of nitrogens with zero attached hydrogens (tertiary/aromatic N) is 1. The van der Waals surface area contributed by atoms with E-state index in [1.54, 1.807) is 48.5 Å². The van der Waals surface area contributed by atoms with E-state index in [1.165, 1.54) is 13.2 Å². The molecular weight excluding hydrogens is 476 g/mol. The SMILES string of the molecule is COc1cc(-c2ccc3c(c2)Nc2cc(NC(=O)C4CCC(O)CC4)ccc2NC3=O)ccc1[N+](=O)[O-]. The second-order valence-electron chi connectivity index (χ2n) is 9.24. The van der Waals surface area contributed by atoms with Gasteiger partial charge in [-0.15, -0.1) is 0 Å². The molecule has 2 amide bonds. The number of carbonyl (C=O) groups is 2. The lowest BCUT2D eigenvalue weighted by atomic mass is 9.87. The molecule has 4 N–H and O–H groups in total. The van der Waals surface area contributed by atoms with E-state index in [0.29, 0.717) is 59.6 Å². The van der Waals surface area contributed by atoms with Crippen LogP contribution in [0, 0.1) is 16.0 Å². The molecule has 0 radical (unpaired) electrons. The molecule has 0 saturated heterocycles. The summed E-state index contributed by atoms with van der Waals surface area (Å²) in [5.41, 5.74) is 4.05.